The van der Waals surface area contributed by atoms with Crippen LogP contribution in [0.1, 0.15) is 5.56 Å². The minimum absolute atomic E-state index is 0.183. The Kier molecular flexibility index (Phi) is 4.15. The van der Waals surface area contributed by atoms with E-state index in [1.807, 2.05) is 18.2 Å². The quantitative estimate of drug-likeness (QED) is 0.855. The van der Waals surface area contributed by atoms with Crippen LogP contribution in [0.2, 0.25) is 0 Å². The van der Waals surface area contributed by atoms with Crippen molar-refractivity contribution in [3.63, 3.8) is 0 Å². The molecule has 3 rings (SSSR count). The number of anilines is 1. The zero-order valence-corrected chi connectivity index (χ0v) is 11.8. The second-order valence-corrected chi connectivity index (χ2v) is 5.37. The van der Waals surface area contributed by atoms with E-state index in [1.165, 1.54) is 18.2 Å². The van der Waals surface area contributed by atoms with Gasteiger partial charge in [-0.2, -0.15) is 0 Å². The van der Waals surface area contributed by atoms with Crippen molar-refractivity contribution in [1.82, 2.24) is 4.90 Å². The number of nitrogens with zero attached hydrogens (tertiary/aromatic N) is 2. The number of hydrogen-bond acceptors (Lipinski definition) is 2. The topological polar surface area (TPSA) is 6.48 Å². The van der Waals surface area contributed by atoms with Crippen LogP contribution < -0.4 is 4.90 Å². The molecule has 2 aromatic rings. The van der Waals surface area contributed by atoms with Gasteiger partial charge in [-0.1, -0.05) is 12.1 Å². The fourth-order valence-corrected chi connectivity index (χ4v) is 2.71. The molecule has 1 fully saturated rings. The van der Waals surface area contributed by atoms with Crippen molar-refractivity contribution in [1.29, 1.82) is 0 Å². The molecule has 0 radical (unpaired) electrons. The van der Waals surface area contributed by atoms with E-state index < -0.39 is 0 Å². The molecule has 4 heteroatoms. The molecule has 1 saturated heterocycles. The van der Waals surface area contributed by atoms with Gasteiger partial charge >= 0.3 is 0 Å². The molecule has 0 saturated carbocycles. The van der Waals surface area contributed by atoms with E-state index in [1.54, 1.807) is 12.1 Å². The molecule has 2 aromatic carbocycles. The summed E-state index contributed by atoms with van der Waals surface area (Å²) in [5.41, 5.74) is 2.06. The molecule has 2 nitrogen and oxygen atoms in total. The van der Waals surface area contributed by atoms with Gasteiger partial charge in [0.2, 0.25) is 0 Å². The summed E-state index contributed by atoms with van der Waals surface area (Å²) in [5.74, 6) is -0.388. The zero-order chi connectivity index (χ0) is 14.7. The lowest BCUT2D eigenvalue weighted by atomic mass is 10.2. The van der Waals surface area contributed by atoms with Gasteiger partial charge < -0.3 is 4.90 Å². The number of halogens is 2. The van der Waals surface area contributed by atoms with Crippen molar-refractivity contribution in [2.75, 3.05) is 31.1 Å². The lowest BCUT2D eigenvalue weighted by molar-refractivity contribution is 0.249. The van der Waals surface area contributed by atoms with Crippen molar-refractivity contribution in [2.45, 2.75) is 6.54 Å². The molecule has 0 aromatic heterocycles. The molecule has 0 bridgehead atoms. The molecule has 0 atom stereocenters. The van der Waals surface area contributed by atoms with E-state index in [2.05, 4.69) is 9.80 Å². The fraction of sp³-hybridized carbons (Fsp3) is 0.294. The summed E-state index contributed by atoms with van der Waals surface area (Å²) in [7, 11) is 0. The number of benzene rings is 2. The van der Waals surface area contributed by atoms with E-state index in [4.69, 9.17) is 0 Å². The highest BCUT2D eigenvalue weighted by atomic mass is 19.1. The minimum atomic E-state index is -0.205. The Morgan fingerprint density at radius 1 is 0.810 bits per heavy atom. The average molecular weight is 288 g/mol. The van der Waals surface area contributed by atoms with Crippen LogP contribution in [0.25, 0.3) is 0 Å². The summed E-state index contributed by atoms with van der Waals surface area (Å²) >= 11 is 0. The third-order valence-electron chi connectivity index (χ3n) is 3.86. The first-order valence-electron chi connectivity index (χ1n) is 7.18. The van der Waals surface area contributed by atoms with Crippen molar-refractivity contribution in [2.24, 2.45) is 0 Å². The van der Waals surface area contributed by atoms with Gasteiger partial charge in [-0.15, -0.1) is 0 Å². The average Bonchev–Trinajstić information content (AvgIpc) is 2.49. The number of rotatable bonds is 3. The normalized spacial score (nSPS) is 16.2. The lowest BCUT2D eigenvalue weighted by Gasteiger charge is -2.36. The second kappa shape index (κ2) is 6.22. The van der Waals surface area contributed by atoms with Crippen LogP contribution in [0.4, 0.5) is 14.5 Å². The predicted molar refractivity (Wildman–Crippen MR) is 80.3 cm³/mol. The Morgan fingerprint density at radius 3 is 2.19 bits per heavy atom. The maximum absolute atomic E-state index is 13.2. The Labute approximate surface area is 123 Å². The van der Waals surface area contributed by atoms with E-state index in [0.29, 0.717) is 0 Å². The first kappa shape index (κ1) is 14.0. The number of piperazine rings is 1. The van der Waals surface area contributed by atoms with Gasteiger partial charge in [0.05, 0.1) is 0 Å². The fourth-order valence-electron chi connectivity index (χ4n) is 2.71. The minimum Gasteiger partial charge on any atom is -0.369 e. The SMILES string of the molecule is Fc1ccc(N2CCN(Cc3cccc(F)c3)CC2)cc1. The molecule has 0 unspecified atom stereocenters. The summed E-state index contributed by atoms with van der Waals surface area (Å²) in [5, 5.41) is 0. The molecule has 1 heterocycles. The van der Waals surface area contributed by atoms with Gasteiger partial charge in [-0.25, -0.2) is 8.78 Å². The van der Waals surface area contributed by atoms with Crippen molar-refractivity contribution >= 4 is 5.69 Å². The van der Waals surface area contributed by atoms with Crippen LogP contribution in [-0.4, -0.2) is 31.1 Å². The van der Waals surface area contributed by atoms with Crippen LogP contribution in [0, 0.1) is 11.6 Å². The van der Waals surface area contributed by atoms with Gasteiger partial charge in [0.25, 0.3) is 0 Å². The van der Waals surface area contributed by atoms with Crippen LogP contribution in [-0.2, 0) is 6.54 Å². The monoisotopic (exact) mass is 288 g/mol. The predicted octanol–water partition coefficient (Wildman–Crippen LogP) is 3.29. The van der Waals surface area contributed by atoms with E-state index in [0.717, 1.165) is 44.0 Å². The Hall–Kier alpha value is -1.94. The first-order chi connectivity index (χ1) is 10.2. The molecular weight excluding hydrogens is 270 g/mol. The van der Waals surface area contributed by atoms with Gasteiger partial charge in [0, 0.05) is 38.4 Å². The maximum Gasteiger partial charge on any atom is 0.123 e. The molecule has 0 amide bonds. The van der Waals surface area contributed by atoms with Crippen LogP contribution in [0.15, 0.2) is 48.5 Å². The summed E-state index contributed by atoms with van der Waals surface area (Å²) in [6.45, 7) is 4.43. The summed E-state index contributed by atoms with van der Waals surface area (Å²) in [4.78, 5) is 4.57. The number of hydrogen-bond donors (Lipinski definition) is 0. The molecule has 0 aliphatic carbocycles. The zero-order valence-electron chi connectivity index (χ0n) is 11.8. The maximum atomic E-state index is 13.2. The lowest BCUT2D eigenvalue weighted by Crippen LogP contribution is -2.45. The van der Waals surface area contributed by atoms with Crippen molar-refractivity contribution < 1.29 is 8.78 Å². The Morgan fingerprint density at radius 2 is 1.52 bits per heavy atom. The second-order valence-electron chi connectivity index (χ2n) is 5.37. The third-order valence-corrected chi connectivity index (χ3v) is 3.86. The highest BCUT2D eigenvalue weighted by Crippen LogP contribution is 2.18. The third kappa shape index (κ3) is 3.58. The molecule has 21 heavy (non-hydrogen) atoms. The largest absolute Gasteiger partial charge is 0.369 e. The van der Waals surface area contributed by atoms with Crippen molar-refractivity contribution in [3.8, 4) is 0 Å². The molecule has 1 aliphatic rings. The van der Waals surface area contributed by atoms with Gasteiger partial charge in [-0.3, -0.25) is 4.90 Å². The molecule has 0 spiro atoms. The molecule has 1 aliphatic heterocycles. The molecule has 110 valence electrons. The first-order valence-corrected chi connectivity index (χ1v) is 7.18. The summed E-state index contributed by atoms with van der Waals surface area (Å²) in [6.07, 6.45) is 0. The van der Waals surface area contributed by atoms with E-state index >= 15 is 0 Å². The van der Waals surface area contributed by atoms with Gasteiger partial charge in [-0.05, 0) is 42.0 Å². The molecule has 0 N–H and O–H groups in total. The summed E-state index contributed by atoms with van der Waals surface area (Å²) < 4.78 is 26.1. The Balaban J connectivity index is 1.56. The van der Waals surface area contributed by atoms with E-state index in [9.17, 15) is 8.78 Å². The van der Waals surface area contributed by atoms with Crippen LogP contribution in [0.3, 0.4) is 0 Å². The standard InChI is InChI=1S/C17H18F2N2/c18-15-4-6-17(7-5-15)21-10-8-20(9-11-21)13-14-2-1-3-16(19)12-14/h1-7,12H,8-11,13H2. The van der Waals surface area contributed by atoms with Crippen LogP contribution in [0.5, 0.6) is 0 Å². The molecular formula is C17H18F2N2. The van der Waals surface area contributed by atoms with Crippen molar-refractivity contribution in [3.05, 3.63) is 65.7 Å². The smallest absolute Gasteiger partial charge is 0.123 e. The highest BCUT2D eigenvalue weighted by Gasteiger charge is 2.17. The van der Waals surface area contributed by atoms with Gasteiger partial charge in [0.15, 0.2) is 0 Å². The Bertz CT molecular complexity index is 590. The van der Waals surface area contributed by atoms with E-state index in [-0.39, 0.29) is 11.6 Å². The van der Waals surface area contributed by atoms with Crippen LogP contribution >= 0.6 is 0 Å². The highest BCUT2D eigenvalue weighted by molar-refractivity contribution is 5.46. The van der Waals surface area contributed by atoms with Gasteiger partial charge in [0.1, 0.15) is 11.6 Å². The summed E-state index contributed by atoms with van der Waals surface area (Å²) in [6, 6.07) is 13.4.